The van der Waals surface area contributed by atoms with E-state index in [1.54, 1.807) is 0 Å². The van der Waals surface area contributed by atoms with Crippen LogP contribution in [-0.2, 0) is 17.8 Å². The number of hydrogen-bond acceptors (Lipinski definition) is 4. The Morgan fingerprint density at radius 3 is 1.88 bits per heavy atom. The van der Waals surface area contributed by atoms with E-state index < -0.39 is 0 Å². The molecule has 2 aromatic carbocycles. The molecule has 2 heterocycles. The fraction of sp³-hybridized carbons (Fsp3) is 0.400. The summed E-state index contributed by atoms with van der Waals surface area (Å²) in [5, 5.41) is 0. The summed E-state index contributed by atoms with van der Waals surface area (Å²) in [6, 6.07) is 16.7. The van der Waals surface area contributed by atoms with E-state index in [-0.39, 0.29) is 0 Å². The predicted octanol–water partition coefficient (Wildman–Crippen LogP) is 3.13. The third-order valence-electron chi connectivity index (χ3n) is 4.79. The number of fused-ring (bicyclic) bond motifs is 2. The molecule has 4 heteroatoms. The Morgan fingerprint density at radius 1 is 0.708 bits per heavy atom. The Hall–Kier alpha value is -1.88. The van der Waals surface area contributed by atoms with Gasteiger partial charge in [-0.25, -0.2) is 0 Å². The Kier molecular flexibility index (Phi) is 4.78. The van der Waals surface area contributed by atoms with E-state index in [1.807, 2.05) is 12.1 Å². The summed E-state index contributed by atoms with van der Waals surface area (Å²) in [5.74, 6) is 1.95. The summed E-state index contributed by atoms with van der Waals surface area (Å²) >= 11 is 0. The lowest BCUT2D eigenvalue weighted by Gasteiger charge is -2.31. The van der Waals surface area contributed by atoms with E-state index >= 15 is 0 Å². The molecule has 0 amide bonds. The second kappa shape index (κ2) is 7.34. The van der Waals surface area contributed by atoms with Crippen molar-refractivity contribution in [3.63, 3.8) is 0 Å². The predicted molar refractivity (Wildman–Crippen MR) is 94.3 cm³/mol. The lowest BCUT2D eigenvalue weighted by Crippen LogP contribution is -2.41. The van der Waals surface area contributed by atoms with Crippen molar-refractivity contribution in [3.05, 3.63) is 59.7 Å². The molecule has 0 aliphatic carbocycles. The van der Waals surface area contributed by atoms with Crippen molar-refractivity contribution in [2.75, 3.05) is 39.4 Å². The van der Waals surface area contributed by atoms with Gasteiger partial charge in [0.1, 0.15) is 11.5 Å². The maximum Gasteiger partial charge on any atom is 0.131 e. The average molecular weight is 324 g/mol. The molecular weight excluding hydrogens is 300 g/mol. The SMILES string of the molecule is c1ccc2c(c1)CN(CCN1CCOCC1)Cc1ccccc1O2. The van der Waals surface area contributed by atoms with E-state index in [9.17, 15) is 0 Å². The van der Waals surface area contributed by atoms with Gasteiger partial charge >= 0.3 is 0 Å². The van der Waals surface area contributed by atoms with Gasteiger partial charge in [-0.2, -0.15) is 0 Å². The molecule has 126 valence electrons. The van der Waals surface area contributed by atoms with Crippen molar-refractivity contribution in [2.24, 2.45) is 0 Å². The normalized spacial score (nSPS) is 18.8. The van der Waals surface area contributed by atoms with Crippen molar-refractivity contribution in [1.29, 1.82) is 0 Å². The van der Waals surface area contributed by atoms with Gasteiger partial charge in [0.2, 0.25) is 0 Å². The summed E-state index contributed by atoms with van der Waals surface area (Å²) in [7, 11) is 0. The number of rotatable bonds is 3. The minimum Gasteiger partial charge on any atom is -0.457 e. The highest BCUT2D eigenvalue weighted by molar-refractivity contribution is 5.42. The molecule has 0 N–H and O–H groups in total. The fourth-order valence-corrected chi connectivity index (χ4v) is 3.39. The van der Waals surface area contributed by atoms with E-state index in [0.29, 0.717) is 0 Å². The Labute approximate surface area is 143 Å². The fourth-order valence-electron chi connectivity index (χ4n) is 3.39. The minimum atomic E-state index is 0.861. The first kappa shape index (κ1) is 15.6. The molecule has 0 bridgehead atoms. The third kappa shape index (κ3) is 3.61. The van der Waals surface area contributed by atoms with Crippen LogP contribution < -0.4 is 4.74 Å². The largest absolute Gasteiger partial charge is 0.457 e. The monoisotopic (exact) mass is 324 g/mol. The molecule has 4 rings (SSSR count). The molecule has 4 nitrogen and oxygen atoms in total. The van der Waals surface area contributed by atoms with Crippen LogP contribution in [0.3, 0.4) is 0 Å². The smallest absolute Gasteiger partial charge is 0.131 e. The van der Waals surface area contributed by atoms with Gasteiger partial charge in [-0.05, 0) is 12.1 Å². The number of para-hydroxylation sites is 2. The van der Waals surface area contributed by atoms with Crippen LogP contribution in [0.15, 0.2) is 48.5 Å². The molecule has 0 spiro atoms. The van der Waals surface area contributed by atoms with Crippen LogP contribution in [0.2, 0.25) is 0 Å². The molecule has 1 fully saturated rings. The summed E-state index contributed by atoms with van der Waals surface area (Å²) in [6.07, 6.45) is 0. The summed E-state index contributed by atoms with van der Waals surface area (Å²) in [5.41, 5.74) is 2.52. The van der Waals surface area contributed by atoms with Crippen LogP contribution in [-0.4, -0.2) is 49.2 Å². The first-order valence-electron chi connectivity index (χ1n) is 8.74. The number of ether oxygens (including phenoxy) is 2. The van der Waals surface area contributed by atoms with Gasteiger partial charge in [0.05, 0.1) is 13.2 Å². The van der Waals surface area contributed by atoms with E-state index in [2.05, 4.69) is 46.2 Å². The maximum atomic E-state index is 6.17. The second-order valence-corrected chi connectivity index (χ2v) is 6.48. The highest BCUT2D eigenvalue weighted by Gasteiger charge is 2.19. The zero-order valence-corrected chi connectivity index (χ0v) is 14.0. The highest BCUT2D eigenvalue weighted by atomic mass is 16.5. The van der Waals surface area contributed by atoms with Gasteiger partial charge < -0.3 is 9.47 Å². The van der Waals surface area contributed by atoms with Crippen LogP contribution in [0, 0.1) is 0 Å². The molecule has 2 aliphatic heterocycles. The first-order chi connectivity index (χ1) is 11.9. The van der Waals surface area contributed by atoms with E-state index in [4.69, 9.17) is 9.47 Å². The quantitative estimate of drug-likeness (QED) is 0.866. The first-order valence-corrected chi connectivity index (χ1v) is 8.74. The second-order valence-electron chi connectivity index (χ2n) is 6.48. The van der Waals surface area contributed by atoms with Crippen LogP contribution in [0.25, 0.3) is 0 Å². The number of benzene rings is 2. The van der Waals surface area contributed by atoms with Gasteiger partial charge in [0.25, 0.3) is 0 Å². The summed E-state index contributed by atoms with van der Waals surface area (Å²) in [6.45, 7) is 7.81. The molecule has 2 aromatic rings. The Balaban J connectivity index is 1.54. The van der Waals surface area contributed by atoms with Crippen LogP contribution in [0.5, 0.6) is 11.5 Å². The molecule has 0 radical (unpaired) electrons. The topological polar surface area (TPSA) is 24.9 Å². The van der Waals surface area contributed by atoms with E-state index in [1.165, 1.54) is 11.1 Å². The molecule has 0 aromatic heterocycles. The van der Waals surface area contributed by atoms with Crippen LogP contribution >= 0.6 is 0 Å². The minimum absolute atomic E-state index is 0.861. The molecule has 0 unspecified atom stereocenters. The molecule has 1 saturated heterocycles. The van der Waals surface area contributed by atoms with E-state index in [0.717, 1.165) is 64.0 Å². The van der Waals surface area contributed by atoms with Gasteiger partial charge in [0, 0.05) is 50.4 Å². The number of hydrogen-bond donors (Lipinski definition) is 0. The zero-order valence-electron chi connectivity index (χ0n) is 14.0. The number of morpholine rings is 1. The van der Waals surface area contributed by atoms with Crippen molar-refractivity contribution >= 4 is 0 Å². The standard InChI is InChI=1S/C20H24N2O2/c1-3-7-19-17(5-1)15-22(10-9-21-11-13-23-14-12-21)16-18-6-2-4-8-20(18)24-19/h1-8H,9-16H2. The third-order valence-corrected chi connectivity index (χ3v) is 4.79. The Bertz CT molecular complexity index is 635. The molecule has 0 atom stereocenters. The molecule has 24 heavy (non-hydrogen) atoms. The zero-order chi connectivity index (χ0) is 16.2. The van der Waals surface area contributed by atoms with Gasteiger partial charge in [-0.1, -0.05) is 36.4 Å². The summed E-state index contributed by atoms with van der Waals surface area (Å²) in [4.78, 5) is 5.02. The average Bonchev–Trinajstić information content (AvgIpc) is 2.62. The molecular formula is C20H24N2O2. The molecule has 2 aliphatic rings. The van der Waals surface area contributed by atoms with Crippen molar-refractivity contribution in [2.45, 2.75) is 13.1 Å². The van der Waals surface area contributed by atoms with Crippen molar-refractivity contribution in [1.82, 2.24) is 9.80 Å². The Morgan fingerprint density at radius 2 is 1.25 bits per heavy atom. The maximum absolute atomic E-state index is 6.17. The van der Waals surface area contributed by atoms with Crippen molar-refractivity contribution < 1.29 is 9.47 Å². The van der Waals surface area contributed by atoms with Gasteiger partial charge in [0.15, 0.2) is 0 Å². The van der Waals surface area contributed by atoms with Crippen LogP contribution in [0.4, 0.5) is 0 Å². The van der Waals surface area contributed by atoms with Crippen LogP contribution in [0.1, 0.15) is 11.1 Å². The number of nitrogens with zero attached hydrogens (tertiary/aromatic N) is 2. The lowest BCUT2D eigenvalue weighted by atomic mass is 10.1. The van der Waals surface area contributed by atoms with Crippen molar-refractivity contribution in [3.8, 4) is 11.5 Å². The van der Waals surface area contributed by atoms with Gasteiger partial charge in [-0.3, -0.25) is 9.80 Å². The highest BCUT2D eigenvalue weighted by Crippen LogP contribution is 2.32. The molecule has 0 saturated carbocycles. The summed E-state index contributed by atoms with van der Waals surface area (Å²) < 4.78 is 11.6. The van der Waals surface area contributed by atoms with Gasteiger partial charge in [-0.15, -0.1) is 0 Å². The lowest BCUT2D eigenvalue weighted by molar-refractivity contribution is 0.0323.